The summed E-state index contributed by atoms with van der Waals surface area (Å²) >= 11 is 1.61. The average molecular weight is 397 g/mol. The molecule has 144 valence electrons. The number of fused-ring (bicyclic) bond motifs is 1. The van der Waals surface area contributed by atoms with Gasteiger partial charge >= 0.3 is 0 Å². The van der Waals surface area contributed by atoms with E-state index in [0.29, 0.717) is 18.9 Å². The first kappa shape index (κ1) is 18.5. The zero-order valence-electron chi connectivity index (χ0n) is 15.6. The molecule has 0 atom stereocenters. The molecule has 28 heavy (non-hydrogen) atoms. The lowest BCUT2D eigenvalue weighted by Gasteiger charge is -2.12. The zero-order valence-corrected chi connectivity index (χ0v) is 16.5. The summed E-state index contributed by atoms with van der Waals surface area (Å²) in [4.78, 5) is 5.43. The molecule has 0 amide bonds. The van der Waals surface area contributed by atoms with Gasteiger partial charge in [-0.25, -0.2) is 9.37 Å². The fourth-order valence-electron chi connectivity index (χ4n) is 3.05. The van der Waals surface area contributed by atoms with Crippen LogP contribution in [0.1, 0.15) is 16.4 Å². The number of nitrogens with one attached hydrogen (secondary N) is 1. The third kappa shape index (κ3) is 3.74. The van der Waals surface area contributed by atoms with Gasteiger partial charge in [0.1, 0.15) is 11.6 Å². The Morgan fingerprint density at radius 1 is 1.21 bits per heavy atom. The summed E-state index contributed by atoms with van der Waals surface area (Å²) < 4.78 is 21.8. The van der Waals surface area contributed by atoms with Gasteiger partial charge in [-0.15, -0.1) is 21.5 Å². The van der Waals surface area contributed by atoms with Gasteiger partial charge in [0, 0.05) is 34.7 Å². The summed E-state index contributed by atoms with van der Waals surface area (Å²) in [6, 6.07) is 8.46. The van der Waals surface area contributed by atoms with Gasteiger partial charge in [0.2, 0.25) is 0 Å². The van der Waals surface area contributed by atoms with Crippen molar-refractivity contribution >= 4 is 17.0 Å². The number of ether oxygens (including phenoxy) is 1. The highest BCUT2D eigenvalue weighted by atomic mass is 32.1. The monoisotopic (exact) mass is 397 g/mol. The summed E-state index contributed by atoms with van der Waals surface area (Å²) in [6.07, 6.45) is 2.69. The molecule has 0 spiro atoms. The highest BCUT2D eigenvalue weighted by molar-refractivity contribution is 7.09. The Balaban J connectivity index is 1.63. The number of pyridine rings is 1. The second kappa shape index (κ2) is 8.04. The van der Waals surface area contributed by atoms with Crippen LogP contribution in [0.2, 0.25) is 0 Å². The lowest BCUT2D eigenvalue weighted by atomic mass is 10.1. The Labute approximate surface area is 166 Å². The van der Waals surface area contributed by atoms with Gasteiger partial charge in [-0.3, -0.25) is 4.40 Å². The molecule has 6 nitrogen and oxygen atoms in total. The number of nitrogens with zero attached hydrogens (tertiary/aromatic N) is 4. The summed E-state index contributed by atoms with van der Waals surface area (Å²) in [5, 5.41) is 11.5. The van der Waals surface area contributed by atoms with Gasteiger partial charge in [0.25, 0.3) is 0 Å². The van der Waals surface area contributed by atoms with Crippen LogP contribution in [0.25, 0.3) is 16.8 Å². The van der Waals surface area contributed by atoms with Gasteiger partial charge in [-0.2, -0.15) is 0 Å². The van der Waals surface area contributed by atoms with E-state index in [9.17, 15) is 4.39 Å². The van der Waals surface area contributed by atoms with Crippen molar-refractivity contribution in [2.75, 3.05) is 13.7 Å². The fraction of sp³-hybridized carbons (Fsp3) is 0.250. The van der Waals surface area contributed by atoms with E-state index in [1.54, 1.807) is 17.4 Å². The van der Waals surface area contributed by atoms with E-state index in [4.69, 9.17) is 4.74 Å². The predicted molar refractivity (Wildman–Crippen MR) is 107 cm³/mol. The molecule has 0 unspecified atom stereocenters. The van der Waals surface area contributed by atoms with Gasteiger partial charge < -0.3 is 10.1 Å². The molecule has 4 rings (SSSR count). The van der Waals surface area contributed by atoms with Crippen LogP contribution < -0.4 is 10.1 Å². The molecular formula is C20H20FN5OS. The Morgan fingerprint density at radius 3 is 2.89 bits per heavy atom. The summed E-state index contributed by atoms with van der Waals surface area (Å²) in [5.41, 5.74) is 5.35. The van der Waals surface area contributed by atoms with Crippen LogP contribution in [-0.2, 0) is 13.0 Å². The molecule has 8 heteroatoms. The lowest BCUT2D eigenvalue weighted by Crippen LogP contribution is -2.09. The number of hydrogen-bond acceptors (Lipinski definition) is 6. The van der Waals surface area contributed by atoms with Crippen molar-refractivity contribution in [1.29, 1.82) is 0 Å². The zero-order chi connectivity index (χ0) is 19.5. The third-order valence-electron chi connectivity index (χ3n) is 4.49. The first-order valence-corrected chi connectivity index (χ1v) is 9.83. The van der Waals surface area contributed by atoms with Crippen molar-refractivity contribution in [3.8, 4) is 16.9 Å². The maximum atomic E-state index is 13.9. The summed E-state index contributed by atoms with van der Waals surface area (Å²) in [6.45, 7) is 3.04. The minimum absolute atomic E-state index is 0.325. The van der Waals surface area contributed by atoms with E-state index in [1.165, 1.54) is 17.0 Å². The number of aryl methyl sites for hydroxylation is 1. The number of rotatable bonds is 7. The minimum Gasteiger partial charge on any atom is -0.492 e. The van der Waals surface area contributed by atoms with Crippen LogP contribution in [0.4, 0.5) is 4.39 Å². The number of aromatic nitrogens is 4. The van der Waals surface area contributed by atoms with E-state index in [1.807, 2.05) is 42.2 Å². The quantitative estimate of drug-likeness (QED) is 0.516. The van der Waals surface area contributed by atoms with Crippen LogP contribution in [0, 0.1) is 12.7 Å². The van der Waals surface area contributed by atoms with Crippen molar-refractivity contribution in [3.63, 3.8) is 0 Å². The van der Waals surface area contributed by atoms with E-state index < -0.39 is 0 Å². The molecule has 0 saturated heterocycles. The first-order chi connectivity index (χ1) is 13.7. The van der Waals surface area contributed by atoms with Crippen LogP contribution >= 0.6 is 11.3 Å². The largest absolute Gasteiger partial charge is 0.492 e. The summed E-state index contributed by atoms with van der Waals surface area (Å²) in [7, 11) is 1.86. The van der Waals surface area contributed by atoms with Crippen molar-refractivity contribution in [3.05, 3.63) is 64.3 Å². The number of thiazole rings is 1. The van der Waals surface area contributed by atoms with Gasteiger partial charge in [0.05, 0.1) is 24.4 Å². The van der Waals surface area contributed by atoms with Crippen molar-refractivity contribution < 1.29 is 9.13 Å². The van der Waals surface area contributed by atoms with Crippen molar-refractivity contribution in [2.24, 2.45) is 0 Å². The van der Waals surface area contributed by atoms with Crippen molar-refractivity contribution in [1.82, 2.24) is 24.9 Å². The minimum atomic E-state index is -0.325. The maximum absolute atomic E-state index is 13.9. The molecule has 0 radical (unpaired) electrons. The fourth-order valence-corrected chi connectivity index (χ4v) is 3.81. The van der Waals surface area contributed by atoms with E-state index in [2.05, 4.69) is 20.5 Å². The Kier molecular flexibility index (Phi) is 5.31. The average Bonchev–Trinajstić information content (AvgIpc) is 3.28. The van der Waals surface area contributed by atoms with Crippen LogP contribution in [0.3, 0.4) is 0 Å². The van der Waals surface area contributed by atoms with Gasteiger partial charge in [0.15, 0.2) is 11.5 Å². The molecule has 1 N–H and O–H groups in total. The number of benzene rings is 1. The lowest BCUT2D eigenvalue weighted by molar-refractivity contribution is 0.322. The highest BCUT2D eigenvalue weighted by Crippen LogP contribution is 2.31. The molecule has 0 fully saturated rings. The Bertz CT molecular complexity index is 1110. The van der Waals surface area contributed by atoms with E-state index in [-0.39, 0.29) is 5.82 Å². The van der Waals surface area contributed by atoms with E-state index >= 15 is 0 Å². The van der Waals surface area contributed by atoms with E-state index in [0.717, 1.165) is 34.7 Å². The molecule has 0 saturated carbocycles. The van der Waals surface area contributed by atoms with Crippen LogP contribution in [0.15, 0.2) is 42.0 Å². The van der Waals surface area contributed by atoms with Gasteiger partial charge in [-0.05, 0) is 38.2 Å². The molecule has 0 aliphatic carbocycles. The second-order valence-electron chi connectivity index (χ2n) is 6.39. The highest BCUT2D eigenvalue weighted by Gasteiger charge is 2.12. The third-order valence-corrected chi connectivity index (χ3v) is 5.49. The SMILES string of the molecule is CNCc1nnc2ccc(-c3ccc(F)cc3OCCc3scnc3C)cn12. The molecule has 0 aliphatic rings. The smallest absolute Gasteiger partial charge is 0.160 e. The first-order valence-electron chi connectivity index (χ1n) is 8.95. The number of halogens is 1. The molecule has 0 aliphatic heterocycles. The normalized spacial score (nSPS) is 11.2. The van der Waals surface area contributed by atoms with Gasteiger partial charge in [-0.1, -0.05) is 0 Å². The molecule has 3 aromatic heterocycles. The number of hydrogen-bond donors (Lipinski definition) is 1. The Hall–Kier alpha value is -2.84. The molecule has 3 heterocycles. The molecular weight excluding hydrogens is 377 g/mol. The Morgan fingerprint density at radius 2 is 2.11 bits per heavy atom. The maximum Gasteiger partial charge on any atom is 0.160 e. The predicted octanol–water partition coefficient (Wildman–Crippen LogP) is 3.64. The topological polar surface area (TPSA) is 64.3 Å². The van der Waals surface area contributed by atoms with Crippen molar-refractivity contribution in [2.45, 2.75) is 19.9 Å². The van der Waals surface area contributed by atoms with Crippen LogP contribution in [-0.4, -0.2) is 33.2 Å². The van der Waals surface area contributed by atoms with Crippen LogP contribution in [0.5, 0.6) is 5.75 Å². The molecule has 4 aromatic rings. The molecule has 0 bridgehead atoms. The summed E-state index contributed by atoms with van der Waals surface area (Å²) in [5.74, 6) is 1.00. The molecule has 1 aromatic carbocycles. The standard InChI is InChI=1S/C20H20FN5OS/c1-13-18(28-12-23-13)7-8-27-17-9-15(21)4-5-16(17)14-3-6-19-24-25-20(10-22-2)26(19)11-14/h3-6,9,11-12,22H,7-8,10H2,1-2H3. The second-order valence-corrected chi connectivity index (χ2v) is 7.33.